The van der Waals surface area contributed by atoms with Crippen LogP contribution in [-0.4, -0.2) is 76.1 Å². The van der Waals surface area contributed by atoms with Crippen molar-refractivity contribution >= 4 is 15.8 Å². The van der Waals surface area contributed by atoms with Gasteiger partial charge in [0.05, 0.1) is 14.2 Å². The maximum atomic E-state index is 12.6. The second-order valence-corrected chi connectivity index (χ2v) is 9.33. The minimum absolute atomic E-state index is 0.243. The van der Waals surface area contributed by atoms with Gasteiger partial charge in [-0.25, -0.2) is 13.4 Å². The van der Waals surface area contributed by atoms with Gasteiger partial charge in [0.1, 0.15) is 10.7 Å². The summed E-state index contributed by atoms with van der Waals surface area (Å²) in [6, 6.07) is 9.47. The molecule has 3 rings (SSSR count). The van der Waals surface area contributed by atoms with Gasteiger partial charge in [-0.15, -0.1) is 0 Å². The summed E-state index contributed by atoms with van der Waals surface area (Å²) in [5.74, 6) is 2.28. The van der Waals surface area contributed by atoms with Crippen molar-refractivity contribution in [1.29, 1.82) is 0 Å². The molecule has 0 unspecified atom stereocenters. The first-order chi connectivity index (χ1) is 14.9. The monoisotopic (exact) mass is 448 g/mol. The predicted octanol–water partition coefficient (Wildman–Crippen LogP) is 2.45. The van der Waals surface area contributed by atoms with E-state index in [1.165, 1.54) is 16.1 Å². The standard InChI is InChI=1S/C22H32N4O4S/c1-5-26(6-2)31(27,28)19-8-10-22(23-16-19)25-13-11-24(12-14-25)17-18-7-9-20(29-3)21(15-18)30-4/h7-10,15-16H,5-6,11-14,17H2,1-4H3. The molecular formula is C22H32N4O4S. The number of anilines is 1. The highest BCUT2D eigenvalue weighted by atomic mass is 32.2. The van der Waals surface area contributed by atoms with Gasteiger partial charge in [0.2, 0.25) is 10.0 Å². The van der Waals surface area contributed by atoms with Gasteiger partial charge in [-0.05, 0) is 29.8 Å². The van der Waals surface area contributed by atoms with Crippen molar-refractivity contribution in [1.82, 2.24) is 14.2 Å². The van der Waals surface area contributed by atoms with Crippen molar-refractivity contribution in [2.45, 2.75) is 25.3 Å². The van der Waals surface area contributed by atoms with E-state index in [-0.39, 0.29) is 4.90 Å². The number of pyridine rings is 1. The second kappa shape index (κ2) is 10.3. The molecule has 0 aliphatic carbocycles. The molecule has 0 N–H and O–H groups in total. The van der Waals surface area contributed by atoms with Crippen LogP contribution in [0.1, 0.15) is 19.4 Å². The molecule has 0 spiro atoms. The van der Waals surface area contributed by atoms with E-state index in [4.69, 9.17) is 9.47 Å². The summed E-state index contributed by atoms with van der Waals surface area (Å²) in [6.07, 6.45) is 1.47. The third-order valence-electron chi connectivity index (χ3n) is 5.61. The van der Waals surface area contributed by atoms with E-state index in [9.17, 15) is 8.42 Å². The number of piperazine rings is 1. The molecule has 1 aliphatic heterocycles. The Balaban J connectivity index is 1.60. The number of hydrogen-bond donors (Lipinski definition) is 0. The first-order valence-electron chi connectivity index (χ1n) is 10.6. The van der Waals surface area contributed by atoms with Crippen LogP contribution in [0.25, 0.3) is 0 Å². The SMILES string of the molecule is CCN(CC)S(=O)(=O)c1ccc(N2CCN(Cc3ccc(OC)c(OC)c3)CC2)nc1. The van der Waals surface area contributed by atoms with Crippen LogP contribution in [0.5, 0.6) is 11.5 Å². The molecule has 1 aromatic carbocycles. The van der Waals surface area contributed by atoms with E-state index < -0.39 is 10.0 Å². The van der Waals surface area contributed by atoms with Crippen LogP contribution in [0.2, 0.25) is 0 Å². The molecule has 1 aromatic heterocycles. The lowest BCUT2D eigenvalue weighted by Crippen LogP contribution is -2.46. The highest BCUT2D eigenvalue weighted by Crippen LogP contribution is 2.28. The van der Waals surface area contributed by atoms with Crippen LogP contribution in [0.15, 0.2) is 41.4 Å². The summed E-state index contributed by atoms with van der Waals surface area (Å²) in [6.45, 7) is 8.87. The van der Waals surface area contributed by atoms with Crippen molar-refractivity contribution in [2.75, 3.05) is 58.4 Å². The fourth-order valence-corrected chi connectivity index (χ4v) is 5.20. The van der Waals surface area contributed by atoms with Crippen molar-refractivity contribution in [3.05, 3.63) is 42.1 Å². The first kappa shape index (κ1) is 23.3. The van der Waals surface area contributed by atoms with E-state index in [1.54, 1.807) is 26.4 Å². The predicted molar refractivity (Wildman–Crippen MR) is 121 cm³/mol. The summed E-state index contributed by atoms with van der Waals surface area (Å²) >= 11 is 0. The van der Waals surface area contributed by atoms with Crippen LogP contribution in [0, 0.1) is 0 Å². The zero-order valence-electron chi connectivity index (χ0n) is 18.7. The number of ether oxygens (including phenoxy) is 2. The van der Waals surface area contributed by atoms with Crippen molar-refractivity contribution in [3.63, 3.8) is 0 Å². The third kappa shape index (κ3) is 5.28. The number of hydrogen-bond acceptors (Lipinski definition) is 7. The number of nitrogens with zero attached hydrogens (tertiary/aromatic N) is 4. The zero-order valence-corrected chi connectivity index (χ0v) is 19.6. The molecule has 2 heterocycles. The zero-order chi connectivity index (χ0) is 22.4. The first-order valence-corrected chi connectivity index (χ1v) is 12.0. The number of benzene rings is 1. The topological polar surface area (TPSA) is 75.2 Å². The van der Waals surface area contributed by atoms with Crippen LogP contribution in [0.4, 0.5) is 5.82 Å². The van der Waals surface area contributed by atoms with E-state index >= 15 is 0 Å². The van der Waals surface area contributed by atoms with Crippen molar-refractivity contribution < 1.29 is 17.9 Å². The Morgan fingerprint density at radius 1 is 0.968 bits per heavy atom. The fraction of sp³-hybridized carbons (Fsp3) is 0.500. The fourth-order valence-electron chi connectivity index (χ4n) is 3.80. The van der Waals surface area contributed by atoms with Crippen LogP contribution in [-0.2, 0) is 16.6 Å². The summed E-state index contributed by atoms with van der Waals surface area (Å²) in [5, 5.41) is 0. The molecule has 0 saturated carbocycles. The molecule has 31 heavy (non-hydrogen) atoms. The van der Waals surface area contributed by atoms with Gasteiger partial charge < -0.3 is 14.4 Å². The Hall–Kier alpha value is -2.36. The average Bonchev–Trinajstić information content (AvgIpc) is 2.80. The summed E-state index contributed by atoms with van der Waals surface area (Å²) < 4.78 is 37.4. The van der Waals surface area contributed by atoms with E-state index in [1.807, 2.05) is 26.0 Å². The smallest absolute Gasteiger partial charge is 0.244 e. The molecule has 9 heteroatoms. The van der Waals surface area contributed by atoms with Gasteiger partial charge in [-0.2, -0.15) is 4.31 Å². The lowest BCUT2D eigenvalue weighted by molar-refractivity contribution is 0.248. The quantitative estimate of drug-likeness (QED) is 0.583. The van der Waals surface area contributed by atoms with E-state index in [0.29, 0.717) is 13.1 Å². The minimum Gasteiger partial charge on any atom is -0.493 e. The molecule has 8 nitrogen and oxygen atoms in total. The van der Waals surface area contributed by atoms with E-state index in [0.717, 1.165) is 50.0 Å². The van der Waals surface area contributed by atoms with Crippen LogP contribution >= 0.6 is 0 Å². The molecule has 0 radical (unpaired) electrons. The Morgan fingerprint density at radius 3 is 2.19 bits per heavy atom. The summed E-state index contributed by atoms with van der Waals surface area (Å²) in [4.78, 5) is 9.26. The summed E-state index contributed by atoms with van der Waals surface area (Å²) in [5.41, 5.74) is 1.18. The highest BCUT2D eigenvalue weighted by Gasteiger charge is 2.23. The Bertz CT molecular complexity index is 954. The number of sulfonamides is 1. The number of aromatic nitrogens is 1. The highest BCUT2D eigenvalue weighted by molar-refractivity contribution is 7.89. The Labute approximate surface area is 185 Å². The molecule has 1 fully saturated rings. The van der Waals surface area contributed by atoms with Gasteiger partial charge in [-0.1, -0.05) is 19.9 Å². The van der Waals surface area contributed by atoms with Crippen molar-refractivity contribution in [2.24, 2.45) is 0 Å². The molecule has 0 amide bonds. The van der Waals surface area contributed by atoms with Gasteiger partial charge >= 0.3 is 0 Å². The van der Waals surface area contributed by atoms with Gasteiger partial charge in [-0.3, -0.25) is 4.90 Å². The van der Waals surface area contributed by atoms with Crippen molar-refractivity contribution in [3.8, 4) is 11.5 Å². The van der Waals surface area contributed by atoms with Gasteiger partial charge in [0.15, 0.2) is 11.5 Å². The van der Waals surface area contributed by atoms with Gasteiger partial charge in [0, 0.05) is 52.0 Å². The molecular weight excluding hydrogens is 416 g/mol. The largest absolute Gasteiger partial charge is 0.493 e. The Kier molecular flexibility index (Phi) is 7.74. The van der Waals surface area contributed by atoms with Crippen LogP contribution < -0.4 is 14.4 Å². The molecule has 1 saturated heterocycles. The Morgan fingerprint density at radius 2 is 1.65 bits per heavy atom. The maximum absolute atomic E-state index is 12.6. The lowest BCUT2D eigenvalue weighted by Gasteiger charge is -2.35. The van der Waals surface area contributed by atoms with E-state index in [2.05, 4.69) is 20.9 Å². The maximum Gasteiger partial charge on any atom is 0.244 e. The number of rotatable bonds is 9. The second-order valence-electron chi connectivity index (χ2n) is 7.39. The average molecular weight is 449 g/mol. The molecule has 1 aliphatic rings. The molecule has 2 aromatic rings. The summed E-state index contributed by atoms with van der Waals surface area (Å²) in [7, 11) is -0.198. The minimum atomic E-state index is -3.48. The lowest BCUT2D eigenvalue weighted by atomic mass is 10.1. The number of methoxy groups -OCH3 is 2. The van der Waals surface area contributed by atoms with Gasteiger partial charge in [0.25, 0.3) is 0 Å². The molecule has 0 bridgehead atoms. The normalized spacial score (nSPS) is 15.3. The molecule has 0 atom stereocenters. The molecule has 170 valence electrons. The third-order valence-corrected chi connectivity index (χ3v) is 7.65. The van der Waals surface area contributed by atoms with Crippen LogP contribution in [0.3, 0.4) is 0 Å².